The van der Waals surface area contributed by atoms with Gasteiger partial charge in [-0.15, -0.1) is 0 Å². The summed E-state index contributed by atoms with van der Waals surface area (Å²) in [6.45, 7) is 0.452. The van der Waals surface area contributed by atoms with E-state index in [4.69, 9.17) is 4.84 Å². The van der Waals surface area contributed by atoms with Crippen LogP contribution in [0.1, 0.15) is 17.5 Å². The van der Waals surface area contributed by atoms with Crippen LogP contribution in [0.3, 0.4) is 0 Å². The van der Waals surface area contributed by atoms with Gasteiger partial charge in [0.15, 0.2) is 5.82 Å². The van der Waals surface area contributed by atoms with Crippen molar-refractivity contribution in [1.29, 1.82) is 0 Å². The number of oxime groups is 1. The van der Waals surface area contributed by atoms with E-state index in [0.717, 1.165) is 5.56 Å². The molecular formula is C20H16F2N4O2. The Bertz CT molecular complexity index is 1010. The molecule has 1 aromatic heterocycles. The maximum absolute atomic E-state index is 13.0. The van der Waals surface area contributed by atoms with Gasteiger partial charge in [0.05, 0.1) is 12.3 Å². The van der Waals surface area contributed by atoms with Gasteiger partial charge in [-0.1, -0.05) is 29.4 Å². The minimum atomic E-state index is -0.776. The molecule has 1 atom stereocenters. The molecule has 0 spiro atoms. The van der Waals surface area contributed by atoms with Gasteiger partial charge in [-0.25, -0.2) is 8.78 Å². The topological polar surface area (TPSA) is 68.5 Å². The van der Waals surface area contributed by atoms with E-state index in [-0.39, 0.29) is 24.0 Å². The van der Waals surface area contributed by atoms with Gasteiger partial charge in [0.25, 0.3) is 5.91 Å². The van der Waals surface area contributed by atoms with E-state index >= 15 is 0 Å². The van der Waals surface area contributed by atoms with Crippen LogP contribution in [0.25, 0.3) is 0 Å². The average Bonchev–Trinajstić information content (AvgIpc) is 3.34. The van der Waals surface area contributed by atoms with E-state index in [1.807, 2.05) is 0 Å². The van der Waals surface area contributed by atoms with Crippen LogP contribution in [-0.4, -0.2) is 27.5 Å². The molecule has 6 nitrogen and oxygen atoms in total. The standard InChI is InChI=1S/C20H16F2N4O2/c21-15-5-1-13(2-6-15)12-26-10-9-19(24-26)23-20(27)18-11-17(25-28-18)14-3-7-16(22)8-4-14/h1-10,18H,11-12H2,(H,23,24,27)/t18-/m1/s1. The van der Waals surface area contributed by atoms with Crippen LogP contribution in [0.15, 0.2) is 65.9 Å². The van der Waals surface area contributed by atoms with Crippen LogP contribution < -0.4 is 5.32 Å². The molecule has 2 aromatic carbocycles. The summed E-state index contributed by atoms with van der Waals surface area (Å²) >= 11 is 0. The Hall–Kier alpha value is -3.55. The number of benzene rings is 2. The highest BCUT2D eigenvalue weighted by Crippen LogP contribution is 2.18. The van der Waals surface area contributed by atoms with E-state index in [1.165, 1.54) is 24.3 Å². The molecule has 0 aliphatic carbocycles. The Labute approximate surface area is 159 Å². The summed E-state index contributed by atoms with van der Waals surface area (Å²) in [5.41, 5.74) is 2.18. The zero-order chi connectivity index (χ0) is 19.5. The molecule has 8 heteroatoms. The maximum atomic E-state index is 13.0. The summed E-state index contributed by atoms with van der Waals surface area (Å²) in [5, 5.41) is 10.9. The number of hydrogen-bond donors (Lipinski definition) is 1. The second-order valence-electron chi connectivity index (χ2n) is 6.36. The SMILES string of the molecule is O=C(Nc1ccn(Cc2ccc(F)cc2)n1)[C@H]1CC(c2ccc(F)cc2)=NO1. The summed E-state index contributed by atoms with van der Waals surface area (Å²) < 4.78 is 27.6. The summed E-state index contributed by atoms with van der Waals surface area (Å²) in [6, 6.07) is 13.6. The molecule has 1 aliphatic rings. The molecule has 1 amide bonds. The number of anilines is 1. The third kappa shape index (κ3) is 4.06. The molecule has 0 saturated carbocycles. The van der Waals surface area contributed by atoms with Gasteiger partial charge in [-0.05, 0) is 35.4 Å². The van der Waals surface area contributed by atoms with Gasteiger partial charge in [-0.3, -0.25) is 9.48 Å². The van der Waals surface area contributed by atoms with Crippen molar-refractivity contribution >= 4 is 17.4 Å². The monoisotopic (exact) mass is 382 g/mol. The summed E-state index contributed by atoms with van der Waals surface area (Å²) in [4.78, 5) is 17.6. The van der Waals surface area contributed by atoms with Crippen LogP contribution in [0, 0.1) is 11.6 Å². The molecule has 4 rings (SSSR count). The zero-order valence-electron chi connectivity index (χ0n) is 14.7. The third-order valence-corrected chi connectivity index (χ3v) is 4.29. The molecule has 1 N–H and O–H groups in total. The Morgan fingerprint density at radius 2 is 1.75 bits per heavy atom. The van der Waals surface area contributed by atoms with Gasteiger partial charge in [0, 0.05) is 18.7 Å². The number of halogens is 2. The smallest absolute Gasteiger partial charge is 0.269 e. The number of nitrogens with one attached hydrogen (secondary N) is 1. The third-order valence-electron chi connectivity index (χ3n) is 4.29. The Morgan fingerprint density at radius 1 is 1.07 bits per heavy atom. The second kappa shape index (κ2) is 7.59. The lowest BCUT2D eigenvalue weighted by Gasteiger charge is -2.07. The van der Waals surface area contributed by atoms with Crippen molar-refractivity contribution in [2.45, 2.75) is 19.1 Å². The Kier molecular flexibility index (Phi) is 4.84. The molecule has 2 heterocycles. The number of rotatable bonds is 5. The molecule has 3 aromatic rings. The first-order valence-corrected chi connectivity index (χ1v) is 8.64. The van der Waals surface area contributed by atoms with Crippen molar-refractivity contribution in [2.24, 2.45) is 5.16 Å². The van der Waals surface area contributed by atoms with Crippen molar-refractivity contribution in [2.75, 3.05) is 5.32 Å². The summed E-state index contributed by atoms with van der Waals surface area (Å²) in [7, 11) is 0. The highest BCUT2D eigenvalue weighted by atomic mass is 19.1. The van der Waals surface area contributed by atoms with Crippen molar-refractivity contribution in [1.82, 2.24) is 9.78 Å². The average molecular weight is 382 g/mol. The largest absolute Gasteiger partial charge is 0.382 e. The summed E-state index contributed by atoms with van der Waals surface area (Å²) in [6.07, 6.45) is 1.23. The van der Waals surface area contributed by atoms with Crippen molar-refractivity contribution in [3.63, 3.8) is 0 Å². The molecule has 0 radical (unpaired) electrons. The number of carbonyl (C=O) groups excluding carboxylic acids is 1. The number of nitrogens with zero attached hydrogens (tertiary/aromatic N) is 3. The summed E-state index contributed by atoms with van der Waals surface area (Å²) in [5.74, 6) is -0.622. The van der Waals surface area contributed by atoms with Crippen molar-refractivity contribution < 1.29 is 18.4 Å². The first kappa shape index (κ1) is 17.8. The highest BCUT2D eigenvalue weighted by Gasteiger charge is 2.29. The first-order chi connectivity index (χ1) is 13.6. The van der Waals surface area contributed by atoms with Crippen LogP contribution in [0.4, 0.5) is 14.6 Å². The molecule has 0 unspecified atom stereocenters. The van der Waals surface area contributed by atoms with E-state index in [0.29, 0.717) is 23.6 Å². The molecule has 0 saturated heterocycles. The number of amides is 1. The molecule has 1 aliphatic heterocycles. The van der Waals surface area contributed by atoms with Crippen molar-refractivity contribution in [3.8, 4) is 0 Å². The van der Waals surface area contributed by atoms with Crippen LogP contribution in [0.2, 0.25) is 0 Å². The number of aromatic nitrogens is 2. The van der Waals surface area contributed by atoms with Crippen molar-refractivity contribution in [3.05, 3.63) is 83.6 Å². The Morgan fingerprint density at radius 3 is 2.46 bits per heavy atom. The molecule has 142 valence electrons. The van der Waals surface area contributed by atoms with E-state index < -0.39 is 6.10 Å². The van der Waals surface area contributed by atoms with Gasteiger partial charge < -0.3 is 10.2 Å². The quantitative estimate of drug-likeness (QED) is 0.736. The lowest BCUT2D eigenvalue weighted by molar-refractivity contribution is -0.125. The highest BCUT2D eigenvalue weighted by molar-refractivity contribution is 6.05. The first-order valence-electron chi connectivity index (χ1n) is 8.64. The van der Waals surface area contributed by atoms with E-state index in [9.17, 15) is 13.6 Å². The van der Waals surface area contributed by atoms with Crippen LogP contribution in [-0.2, 0) is 16.2 Å². The fourth-order valence-corrected chi connectivity index (χ4v) is 2.83. The minimum Gasteiger partial charge on any atom is -0.382 e. The van der Waals surface area contributed by atoms with Gasteiger partial charge in [0.1, 0.15) is 11.6 Å². The van der Waals surface area contributed by atoms with Gasteiger partial charge >= 0.3 is 0 Å². The lowest BCUT2D eigenvalue weighted by atomic mass is 10.0. The normalized spacial score (nSPS) is 15.8. The van der Waals surface area contributed by atoms with Crippen LogP contribution >= 0.6 is 0 Å². The predicted octanol–water partition coefficient (Wildman–Crippen LogP) is 3.34. The van der Waals surface area contributed by atoms with Crippen LogP contribution in [0.5, 0.6) is 0 Å². The zero-order valence-corrected chi connectivity index (χ0v) is 14.7. The molecule has 0 fully saturated rings. The fourth-order valence-electron chi connectivity index (χ4n) is 2.83. The second-order valence-corrected chi connectivity index (χ2v) is 6.36. The fraction of sp³-hybridized carbons (Fsp3) is 0.150. The molecule has 0 bridgehead atoms. The maximum Gasteiger partial charge on any atom is 0.269 e. The lowest BCUT2D eigenvalue weighted by Crippen LogP contribution is -2.28. The Balaban J connectivity index is 1.34. The molecule has 28 heavy (non-hydrogen) atoms. The van der Waals surface area contributed by atoms with Gasteiger partial charge in [-0.2, -0.15) is 5.10 Å². The number of hydrogen-bond acceptors (Lipinski definition) is 4. The van der Waals surface area contributed by atoms with E-state index in [1.54, 1.807) is 41.2 Å². The van der Waals surface area contributed by atoms with E-state index in [2.05, 4.69) is 15.6 Å². The molecular weight excluding hydrogens is 366 g/mol. The number of carbonyl (C=O) groups is 1. The van der Waals surface area contributed by atoms with Gasteiger partial charge in [0.2, 0.25) is 6.10 Å². The predicted molar refractivity (Wildman–Crippen MR) is 98.8 cm³/mol. The minimum absolute atomic E-state index is 0.285.